The second-order valence-corrected chi connectivity index (χ2v) is 6.35. The molecule has 4 nitrogen and oxygen atoms in total. The molecule has 0 saturated heterocycles. The summed E-state index contributed by atoms with van der Waals surface area (Å²) < 4.78 is 1.96. The first-order valence-corrected chi connectivity index (χ1v) is 8.16. The third-order valence-corrected chi connectivity index (χ3v) is 4.41. The Bertz CT molecular complexity index is 838. The minimum atomic E-state index is 0.608. The average Bonchev–Trinajstić information content (AvgIpc) is 2.94. The van der Waals surface area contributed by atoms with Gasteiger partial charge in [-0.2, -0.15) is 5.10 Å². The maximum absolute atomic E-state index is 6.16. The van der Waals surface area contributed by atoms with Crippen molar-refractivity contribution in [3.63, 3.8) is 0 Å². The third-order valence-electron chi connectivity index (χ3n) is 3.98. The van der Waals surface area contributed by atoms with E-state index in [2.05, 4.69) is 10.3 Å². The van der Waals surface area contributed by atoms with Crippen molar-refractivity contribution in [1.82, 2.24) is 20.1 Å². The van der Waals surface area contributed by atoms with Gasteiger partial charge in [-0.3, -0.25) is 4.98 Å². The van der Waals surface area contributed by atoms with E-state index >= 15 is 0 Å². The summed E-state index contributed by atoms with van der Waals surface area (Å²) in [7, 11) is 0. The first kappa shape index (κ1) is 14.7. The van der Waals surface area contributed by atoms with Crippen molar-refractivity contribution in [2.24, 2.45) is 0 Å². The Kier molecular flexibility index (Phi) is 3.81. The molecule has 1 aliphatic heterocycles. The predicted octanol–water partition coefficient (Wildman–Crippen LogP) is 3.89. The Hall–Kier alpha value is -1.88. The number of rotatable bonds is 2. The van der Waals surface area contributed by atoms with E-state index in [4.69, 9.17) is 28.3 Å². The molecule has 116 valence electrons. The van der Waals surface area contributed by atoms with E-state index in [1.54, 1.807) is 18.5 Å². The molecule has 0 spiro atoms. The molecule has 0 bridgehead atoms. The molecule has 0 aliphatic carbocycles. The van der Waals surface area contributed by atoms with Crippen molar-refractivity contribution < 1.29 is 0 Å². The smallest absolute Gasteiger partial charge is 0.0976 e. The Labute approximate surface area is 144 Å². The standard InChI is InChI=1S/C17H14Cl2N4/c18-12-7-13(19)9-14(8-12)23-16-3-6-21-10-15(16)17(22-23)11-1-4-20-5-2-11/h1-2,4-5,7-9,21H,3,6,10H2. The van der Waals surface area contributed by atoms with Gasteiger partial charge in [-0.15, -0.1) is 0 Å². The van der Waals surface area contributed by atoms with Crippen LogP contribution in [0.5, 0.6) is 0 Å². The molecule has 0 atom stereocenters. The van der Waals surface area contributed by atoms with E-state index in [0.717, 1.165) is 36.5 Å². The first-order valence-electron chi connectivity index (χ1n) is 7.41. The third kappa shape index (κ3) is 2.74. The van der Waals surface area contributed by atoms with Gasteiger partial charge in [0.1, 0.15) is 0 Å². The van der Waals surface area contributed by atoms with E-state index in [1.165, 1.54) is 11.3 Å². The molecule has 0 saturated carbocycles. The lowest BCUT2D eigenvalue weighted by Gasteiger charge is -2.16. The SMILES string of the molecule is Clc1cc(Cl)cc(-n2nc(-c3ccncc3)c3c2CCNC3)c1. The predicted molar refractivity (Wildman–Crippen MR) is 92.2 cm³/mol. The van der Waals surface area contributed by atoms with Gasteiger partial charge in [-0.05, 0) is 30.3 Å². The molecule has 0 fully saturated rings. The van der Waals surface area contributed by atoms with Gasteiger partial charge in [0.2, 0.25) is 0 Å². The van der Waals surface area contributed by atoms with Crippen molar-refractivity contribution in [2.75, 3.05) is 6.54 Å². The minimum Gasteiger partial charge on any atom is -0.312 e. The molecular formula is C17H14Cl2N4. The van der Waals surface area contributed by atoms with E-state index in [0.29, 0.717) is 10.0 Å². The van der Waals surface area contributed by atoms with Crippen molar-refractivity contribution >= 4 is 23.2 Å². The van der Waals surface area contributed by atoms with Crippen LogP contribution in [0, 0.1) is 0 Å². The van der Waals surface area contributed by atoms with E-state index in [9.17, 15) is 0 Å². The molecular weight excluding hydrogens is 331 g/mol. The van der Waals surface area contributed by atoms with E-state index in [-0.39, 0.29) is 0 Å². The number of nitrogens with zero attached hydrogens (tertiary/aromatic N) is 3. The quantitative estimate of drug-likeness (QED) is 0.766. The number of pyridine rings is 1. The highest BCUT2D eigenvalue weighted by atomic mass is 35.5. The molecule has 23 heavy (non-hydrogen) atoms. The van der Waals surface area contributed by atoms with Crippen molar-refractivity contribution in [2.45, 2.75) is 13.0 Å². The molecule has 4 rings (SSSR count). The summed E-state index contributed by atoms with van der Waals surface area (Å²) in [5.74, 6) is 0. The van der Waals surface area contributed by atoms with Gasteiger partial charge in [-0.1, -0.05) is 23.2 Å². The summed E-state index contributed by atoms with van der Waals surface area (Å²) in [6.45, 7) is 1.74. The van der Waals surface area contributed by atoms with Gasteiger partial charge < -0.3 is 5.32 Å². The van der Waals surface area contributed by atoms with E-state index in [1.807, 2.05) is 28.9 Å². The van der Waals surface area contributed by atoms with Crippen LogP contribution in [0.2, 0.25) is 10.0 Å². The lowest BCUT2D eigenvalue weighted by Crippen LogP contribution is -2.24. The molecule has 1 aromatic carbocycles. The fourth-order valence-electron chi connectivity index (χ4n) is 2.96. The molecule has 2 aromatic heterocycles. The Morgan fingerprint density at radius 3 is 2.52 bits per heavy atom. The molecule has 1 aliphatic rings. The number of hydrogen-bond acceptors (Lipinski definition) is 3. The molecule has 3 heterocycles. The molecule has 0 amide bonds. The van der Waals surface area contributed by atoms with Crippen LogP contribution in [-0.2, 0) is 13.0 Å². The van der Waals surface area contributed by atoms with Crippen LogP contribution in [0.15, 0.2) is 42.7 Å². The maximum Gasteiger partial charge on any atom is 0.0976 e. The summed E-state index contributed by atoms with van der Waals surface area (Å²) in [5, 5.41) is 9.48. The number of aromatic nitrogens is 3. The fraction of sp³-hybridized carbons (Fsp3) is 0.176. The van der Waals surface area contributed by atoms with Gasteiger partial charge in [0.05, 0.1) is 17.1 Å². The number of fused-ring (bicyclic) bond motifs is 1. The van der Waals surface area contributed by atoms with Crippen LogP contribution in [0.1, 0.15) is 11.3 Å². The number of benzene rings is 1. The number of nitrogens with one attached hydrogen (secondary N) is 1. The Morgan fingerprint density at radius 2 is 1.78 bits per heavy atom. The van der Waals surface area contributed by atoms with Crippen molar-refractivity contribution in [3.8, 4) is 16.9 Å². The number of hydrogen-bond donors (Lipinski definition) is 1. The van der Waals surface area contributed by atoms with Crippen molar-refractivity contribution in [3.05, 3.63) is 64.0 Å². The summed E-state index contributed by atoms with van der Waals surface area (Å²) >= 11 is 12.3. The van der Waals surface area contributed by atoms with Gasteiger partial charge in [0.15, 0.2) is 0 Å². The fourth-order valence-corrected chi connectivity index (χ4v) is 3.48. The van der Waals surface area contributed by atoms with Crippen LogP contribution >= 0.6 is 23.2 Å². The highest BCUT2D eigenvalue weighted by Crippen LogP contribution is 2.31. The average molecular weight is 345 g/mol. The summed E-state index contributed by atoms with van der Waals surface area (Å²) in [5.41, 5.74) is 5.35. The van der Waals surface area contributed by atoms with Crippen LogP contribution in [0.4, 0.5) is 0 Å². The summed E-state index contributed by atoms with van der Waals surface area (Å²) in [4.78, 5) is 4.09. The zero-order chi connectivity index (χ0) is 15.8. The van der Waals surface area contributed by atoms with Gasteiger partial charge in [-0.25, -0.2) is 4.68 Å². The maximum atomic E-state index is 6.16. The largest absolute Gasteiger partial charge is 0.312 e. The monoisotopic (exact) mass is 344 g/mol. The Balaban J connectivity index is 1.92. The van der Waals surface area contributed by atoms with Crippen LogP contribution in [-0.4, -0.2) is 21.3 Å². The Morgan fingerprint density at radius 1 is 1.04 bits per heavy atom. The zero-order valence-electron chi connectivity index (χ0n) is 12.3. The van der Waals surface area contributed by atoms with Gasteiger partial charge in [0, 0.05) is 53.1 Å². The zero-order valence-corrected chi connectivity index (χ0v) is 13.8. The topological polar surface area (TPSA) is 42.7 Å². The summed E-state index contributed by atoms with van der Waals surface area (Å²) in [6.07, 6.45) is 4.48. The molecule has 6 heteroatoms. The highest BCUT2D eigenvalue weighted by Gasteiger charge is 2.22. The molecule has 0 radical (unpaired) electrons. The highest BCUT2D eigenvalue weighted by molar-refractivity contribution is 6.34. The van der Waals surface area contributed by atoms with Crippen LogP contribution < -0.4 is 5.32 Å². The number of halogens is 2. The second-order valence-electron chi connectivity index (χ2n) is 5.48. The van der Waals surface area contributed by atoms with E-state index < -0.39 is 0 Å². The lowest BCUT2D eigenvalue weighted by molar-refractivity contribution is 0.623. The minimum absolute atomic E-state index is 0.608. The molecule has 1 N–H and O–H groups in total. The van der Waals surface area contributed by atoms with Gasteiger partial charge in [0.25, 0.3) is 0 Å². The van der Waals surface area contributed by atoms with Crippen molar-refractivity contribution in [1.29, 1.82) is 0 Å². The van der Waals surface area contributed by atoms with Gasteiger partial charge >= 0.3 is 0 Å². The summed E-state index contributed by atoms with van der Waals surface area (Å²) in [6, 6.07) is 9.46. The first-order chi connectivity index (χ1) is 11.2. The normalized spacial score (nSPS) is 13.8. The molecule has 0 unspecified atom stereocenters. The second kappa shape index (κ2) is 5.96. The molecule has 3 aromatic rings. The van der Waals surface area contributed by atoms with Crippen LogP contribution in [0.25, 0.3) is 16.9 Å². The van der Waals surface area contributed by atoms with Crippen LogP contribution in [0.3, 0.4) is 0 Å². The lowest BCUT2D eigenvalue weighted by atomic mass is 10.0.